The average molecular weight is 420 g/mol. The normalized spacial score (nSPS) is 11.6. The van der Waals surface area contributed by atoms with Gasteiger partial charge >= 0.3 is 5.97 Å². The van der Waals surface area contributed by atoms with E-state index in [0.717, 1.165) is 24.8 Å². The first-order valence-electron chi connectivity index (χ1n) is 9.74. The highest BCUT2D eigenvalue weighted by atomic mass is 32.1. The van der Waals surface area contributed by atoms with Crippen molar-refractivity contribution < 1.29 is 23.8 Å². The molecule has 0 fully saturated rings. The van der Waals surface area contributed by atoms with Crippen LogP contribution in [-0.4, -0.2) is 32.2 Å². The molecule has 0 bridgehead atoms. The Kier molecular flexibility index (Phi) is 8.51. The van der Waals surface area contributed by atoms with Crippen molar-refractivity contribution in [3.63, 3.8) is 0 Å². The predicted octanol–water partition coefficient (Wildman–Crippen LogP) is 4.14. The number of ether oxygens (including phenoxy) is 3. The van der Waals surface area contributed by atoms with E-state index in [4.69, 9.17) is 14.2 Å². The van der Waals surface area contributed by atoms with Crippen molar-refractivity contribution in [2.45, 2.75) is 52.7 Å². The van der Waals surface area contributed by atoms with Gasteiger partial charge in [0.25, 0.3) is 5.91 Å². The Balaban J connectivity index is 1.94. The Morgan fingerprint density at radius 2 is 1.83 bits per heavy atom. The number of nitrogens with one attached hydrogen (secondary N) is 1. The van der Waals surface area contributed by atoms with Crippen molar-refractivity contribution in [1.29, 1.82) is 0 Å². The smallest absolute Gasteiger partial charge is 0.349 e. The minimum Gasteiger partial charge on any atom is -0.493 e. The molecule has 29 heavy (non-hydrogen) atoms. The molecule has 0 saturated carbocycles. The van der Waals surface area contributed by atoms with Gasteiger partial charge in [-0.15, -0.1) is 11.3 Å². The molecular formula is C22H29NO5S. The molecule has 2 rings (SSSR count). The number of aryl methyl sites for hydroxylation is 2. The first-order valence-corrected chi connectivity index (χ1v) is 10.6. The van der Waals surface area contributed by atoms with Crippen LogP contribution in [0.1, 0.15) is 52.9 Å². The van der Waals surface area contributed by atoms with Gasteiger partial charge < -0.3 is 19.5 Å². The number of esters is 1. The zero-order chi connectivity index (χ0) is 21.4. The molecule has 0 aliphatic carbocycles. The van der Waals surface area contributed by atoms with Gasteiger partial charge in [0.2, 0.25) is 0 Å². The maximum atomic E-state index is 12.5. The third-order valence-corrected chi connectivity index (χ3v) is 5.74. The number of amides is 1. The number of thiophene rings is 1. The van der Waals surface area contributed by atoms with Crippen LogP contribution in [0.4, 0.5) is 0 Å². The summed E-state index contributed by atoms with van der Waals surface area (Å²) in [5, 5.41) is 2.78. The third kappa shape index (κ3) is 5.97. The van der Waals surface area contributed by atoms with Crippen LogP contribution < -0.4 is 14.8 Å². The van der Waals surface area contributed by atoms with Gasteiger partial charge in [-0.05, 0) is 49.1 Å². The van der Waals surface area contributed by atoms with E-state index in [-0.39, 0.29) is 5.91 Å². The van der Waals surface area contributed by atoms with Crippen LogP contribution >= 0.6 is 11.3 Å². The summed E-state index contributed by atoms with van der Waals surface area (Å²) in [7, 11) is 3.12. The SMILES string of the molecule is CCCc1sc(C(=O)O[C@@H](C)C(=O)NCc2ccc(OC)c(OC)c2)cc1CC. The van der Waals surface area contributed by atoms with Crippen molar-refractivity contribution in [3.8, 4) is 11.5 Å². The molecular weight excluding hydrogens is 390 g/mol. The van der Waals surface area contributed by atoms with Gasteiger partial charge in [-0.25, -0.2) is 4.79 Å². The van der Waals surface area contributed by atoms with Gasteiger partial charge in [-0.3, -0.25) is 4.79 Å². The van der Waals surface area contributed by atoms with E-state index in [1.165, 1.54) is 21.8 Å². The number of methoxy groups -OCH3 is 2. The lowest BCUT2D eigenvalue weighted by atomic mass is 10.1. The first-order chi connectivity index (χ1) is 13.9. The zero-order valence-electron chi connectivity index (χ0n) is 17.7. The maximum Gasteiger partial charge on any atom is 0.349 e. The van der Waals surface area contributed by atoms with Crippen molar-refractivity contribution in [2.75, 3.05) is 14.2 Å². The van der Waals surface area contributed by atoms with E-state index >= 15 is 0 Å². The van der Waals surface area contributed by atoms with E-state index in [9.17, 15) is 9.59 Å². The van der Waals surface area contributed by atoms with Crippen molar-refractivity contribution in [2.24, 2.45) is 0 Å². The second-order valence-corrected chi connectivity index (χ2v) is 7.75. The maximum absolute atomic E-state index is 12.5. The Bertz CT molecular complexity index is 846. The molecule has 6 nitrogen and oxygen atoms in total. The fourth-order valence-corrected chi connectivity index (χ4v) is 4.14. The average Bonchev–Trinajstić information content (AvgIpc) is 3.15. The monoisotopic (exact) mass is 419 g/mol. The summed E-state index contributed by atoms with van der Waals surface area (Å²) < 4.78 is 15.8. The lowest BCUT2D eigenvalue weighted by Crippen LogP contribution is -2.35. The largest absolute Gasteiger partial charge is 0.493 e. The summed E-state index contributed by atoms with van der Waals surface area (Å²) in [5.74, 6) is 0.399. The van der Waals surface area contributed by atoms with Gasteiger partial charge in [0, 0.05) is 11.4 Å². The number of benzene rings is 1. The zero-order valence-corrected chi connectivity index (χ0v) is 18.5. The topological polar surface area (TPSA) is 73.9 Å². The molecule has 0 saturated heterocycles. The molecule has 1 N–H and O–H groups in total. The highest BCUT2D eigenvalue weighted by Gasteiger charge is 2.21. The van der Waals surface area contributed by atoms with E-state index in [1.807, 2.05) is 12.1 Å². The molecule has 1 heterocycles. The molecule has 1 amide bonds. The number of hydrogen-bond donors (Lipinski definition) is 1. The van der Waals surface area contributed by atoms with Crippen LogP contribution in [0.3, 0.4) is 0 Å². The quantitative estimate of drug-likeness (QED) is 0.586. The Labute approximate surface area is 176 Å². The Hall–Kier alpha value is -2.54. The van der Waals surface area contributed by atoms with Crippen LogP contribution in [0.15, 0.2) is 24.3 Å². The Morgan fingerprint density at radius 3 is 2.45 bits per heavy atom. The molecule has 0 aliphatic heterocycles. The molecule has 0 radical (unpaired) electrons. The van der Waals surface area contributed by atoms with Gasteiger partial charge in [0.15, 0.2) is 17.6 Å². The standard InChI is InChI=1S/C22H29NO5S/c1-6-8-19-16(7-2)12-20(29-19)22(25)28-14(3)21(24)23-13-15-9-10-17(26-4)18(11-15)27-5/h9-12,14H,6-8,13H2,1-5H3,(H,23,24)/t14-/m0/s1. The molecule has 0 aliphatic rings. The summed E-state index contributed by atoms with van der Waals surface area (Å²) in [6.07, 6.45) is 1.96. The predicted molar refractivity (Wildman–Crippen MR) is 114 cm³/mol. The molecule has 1 atom stereocenters. The fraction of sp³-hybridized carbons (Fsp3) is 0.455. The Morgan fingerprint density at radius 1 is 1.10 bits per heavy atom. The summed E-state index contributed by atoms with van der Waals surface area (Å²) in [5.41, 5.74) is 2.03. The van der Waals surface area contributed by atoms with Crippen molar-refractivity contribution in [1.82, 2.24) is 5.32 Å². The fourth-order valence-electron chi connectivity index (χ4n) is 2.90. The van der Waals surface area contributed by atoms with Gasteiger partial charge in [0.05, 0.1) is 14.2 Å². The van der Waals surface area contributed by atoms with Crippen LogP contribution in [0.25, 0.3) is 0 Å². The number of carbonyl (C=O) groups is 2. The van der Waals surface area contributed by atoms with Gasteiger partial charge in [0.1, 0.15) is 4.88 Å². The lowest BCUT2D eigenvalue weighted by Gasteiger charge is -2.14. The summed E-state index contributed by atoms with van der Waals surface area (Å²) in [4.78, 5) is 26.6. The molecule has 7 heteroatoms. The van der Waals surface area contributed by atoms with Crippen molar-refractivity contribution >= 4 is 23.2 Å². The molecule has 0 unspecified atom stereocenters. The van der Waals surface area contributed by atoms with Crippen molar-refractivity contribution in [3.05, 3.63) is 45.1 Å². The second kappa shape index (κ2) is 10.9. The number of rotatable bonds is 10. The third-order valence-electron chi connectivity index (χ3n) is 4.52. The first kappa shape index (κ1) is 22.7. The van der Waals surface area contributed by atoms with Crippen LogP contribution in [0.5, 0.6) is 11.5 Å². The number of carbonyl (C=O) groups excluding carboxylic acids is 2. The minimum atomic E-state index is -0.885. The molecule has 158 valence electrons. The summed E-state index contributed by atoms with van der Waals surface area (Å²) >= 11 is 1.46. The lowest BCUT2D eigenvalue weighted by molar-refractivity contribution is -0.129. The summed E-state index contributed by atoms with van der Waals surface area (Å²) in [6, 6.07) is 7.29. The van der Waals surface area contributed by atoms with Crippen LogP contribution in [-0.2, 0) is 28.9 Å². The van der Waals surface area contributed by atoms with Gasteiger partial charge in [-0.2, -0.15) is 0 Å². The number of hydrogen-bond acceptors (Lipinski definition) is 6. The molecule has 0 spiro atoms. The molecule has 1 aromatic carbocycles. The van der Waals surface area contributed by atoms with Gasteiger partial charge in [-0.1, -0.05) is 26.3 Å². The highest BCUT2D eigenvalue weighted by Crippen LogP contribution is 2.28. The highest BCUT2D eigenvalue weighted by molar-refractivity contribution is 7.14. The van der Waals surface area contributed by atoms with E-state index in [2.05, 4.69) is 19.2 Å². The van der Waals surface area contributed by atoms with E-state index in [1.54, 1.807) is 33.3 Å². The van der Waals surface area contributed by atoms with Crippen LogP contribution in [0, 0.1) is 0 Å². The van der Waals surface area contributed by atoms with E-state index < -0.39 is 12.1 Å². The summed E-state index contributed by atoms with van der Waals surface area (Å²) in [6.45, 7) is 6.05. The minimum absolute atomic E-state index is 0.292. The van der Waals surface area contributed by atoms with Crippen LogP contribution in [0.2, 0.25) is 0 Å². The van der Waals surface area contributed by atoms with E-state index in [0.29, 0.717) is 22.9 Å². The second-order valence-electron chi connectivity index (χ2n) is 6.62. The molecule has 2 aromatic rings. The molecule has 1 aromatic heterocycles.